The van der Waals surface area contributed by atoms with Crippen molar-refractivity contribution < 1.29 is 9.47 Å². The molecule has 0 saturated carbocycles. The van der Waals surface area contributed by atoms with E-state index >= 15 is 0 Å². The fraction of sp³-hybridized carbons (Fsp3) is 0.600. The summed E-state index contributed by atoms with van der Waals surface area (Å²) in [5.41, 5.74) is 1.07. The number of methoxy groups -OCH3 is 2. The van der Waals surface area contributed by atoms with Crippen LogP contribution in [0.1, 0.15) is 13.3 Å². The molecular formula is C15H26N2O2. The van der Waals surface area contributed by atoms with Gasteiger partial charge in [0.1, 0.15) is 11.5 Å². The summed E-state index contributed by atoms with van der Waals surface area (Å²) in [5.74, 6) is 2.35. The van der Waals surface area contributed by atoms with Crippen LogP contribution < -0.4 is 19.7 Å². The maximum atomic E-state index is 5.43. The summed E-state index contributed by atoms with van der Waals surface area (Å²) in [4.78, 5) is 2.23. The van der Waals surface area contributed by atoms with Crippen molar-refractivity contribution in [3.63, 3.8) is 0 Å². The Kier molecular flexibility index (Phi) is 6.50. The predicted molar refractivity (Wildman–Crippen MR) is 80.5 cm³/mol. The van der Waals surface area contributed by atoms with Gasteiger partial charge in [-0.2, -0.15) is 0 Å². The SMILES string of the molecule is CCC(CNC)CN(C)c1cc(OC)ccc1OC. The van der Waals surface area contributed by atoms with E-state index in [9.17, 15) is 0 Å². The topological polar surface area (TPSA) is 33.7 Å². The van der Waals surface area contributed by atoms with E-state index in [1.165, 1.54) is 0 Å². The van der Waals surface area contributed by atoms with Gasteiger partial charge >= 0.3 is 0 Å². The minimum atomic E-state index is 0.617. The highest BCUT2D eigenvalue weighted by atomic mass is 16.5. The molecule has 1 aromatic rings. The van der Waals surface area contributed by atoms with Crippen molar-refractivity contribution in [1.82, 2.24) is 5.32 Å². The van der Waals surface area contributed by atoms with E-state index in [0.29, 0.717) is 5.92 Å². The van der Waals surface area contributed by atoms with Crippen LogP contribution in [0.4, 0.5) is 5.69 Å². The predicted octanol–water partition coefficient (Wildman–Crippen LogP) is 2.39. The fourth-order valence-corrected chi connectivity index (χ4v) is 2.21. The Hall–Kier alpha value is -1.42. The first-order valence-electron chi connectivity index (χ1n) is 6.74. The Morgan fingerprint density at radius 3 is 2.53 bits per heavy atom. The summed E-state index contributed by atoms with van der Waals surface area (Å²) in [6, 6.07) is 5.88. The molecule has 1 atom stereocenters. The molecular weight excluding hydrogens is 240 g/mol. The Morgan fingerprint density at radius 1 is 1.26 bits per heavy atom. The number of nitrogens with zero attached hydrogens (tertiary/aromatic N) is 1. The molecule has 1 rings (SSSR count). The Labute approximate surface area is 116 Å². The lowest BCUT2D eigenvalue weighted by Gasteiger charge is -2.26. The van der Waals surface area contributed by atoms with Gasteiger partial charge in [-0.25, -0.2) is 0 Å². The number of benzene rings is 1. The molecule has 0 aromatic heterocycles. The van der Waals surface area contributed by atoms with Crippen LogP contribution in [0.25, 0.3) is 0 Å². The van der Waals surface area contributed by atoms with Gasteiger partial charge in [0.25, 0.3) is 0 Å². The number of ether oxygens (including phenoxy) is 2. The summed E-state index contributed by atoms with van der Waals surface area (Å²) in [5, 5.41) is 3.24. The van der Waals surface area contributed by atoms with Crippen LogP contribution in [0.2, 0.25) is 0 Å². The average Bonchev–Trinajstić information content (AvgIpc) is 2.45. The minimum absolute atomic E-state index is 0.617. The number of nitrogens with one attached hydrogen (secondary N) is 1. The van der Waals surface area contributed by atoms with Gasteiger partial charge in [0.15, 0.2) is 0 Å². The number of hydrogen-bond acceptors (Lipinski definition) is 4. The first-order chi connectivity index (χ1) is 9.15. The molecule has 0 spiro atoms. The van der Waals surface area contributed by atoms with Gasteiger partial charge in [-0.15, -0.1) is 0 Å². The van der Waals surface area contributed by atoms with Gasteiger partial charge in [0.05, 0.1) is 19.9 Å². The van der Waals surface area contributed by atoms with Crippen LogP contribution in [0, 0.1) is 5.92 Å². The van der Waals surface area contributed by atoms with Gasteiger partial charge in [-0.05, 0) is 31.6 Å². The number of anilines is 1. The Bertz CT molecular complexity index is 382. The van der Waals surface area contributed by atoms with E-state index in [4.69, 9.17) is 9.47 Å². The van der Waals surface area contributed by atoms with E-state index in [0.717, 1.165) is 36.7 Å². The molecule has 0 radical (unpaired) electrons. The van der Waals surface area contributed by atoms with E-state index in [1.54, 1.807) is 14.2 Å². The molecule has 1 N–H and O–H groups in total. The van der Waals surface area contributed by atoms with E-state index in [1.807, 2.05) is 25.2 Å². The lowest BCUT2D eigenvalue weighted by Crippen LogP contribution is -2.31. The van der Waals surface area contributed by atoms with Crippen molar-refractivity contribution in [2.45, 2.75) is 13.3 Å². The van der Waals surface area contributed by atoms with Crippen LogP contribution in [-0.4, -0.2) is 41.4 Å². The summed E-state index contributed by atoms with van der Waals surface area (Å²) in [6.45, 7) is 4.23. The summed E-state index contributed by atoms with van der Waals surface area (Å²) in [7, 11) is 7.47. The molecule has 0 heterocycles. The lowest BCUT2D eigenvalue weighted by atomic mass is 10.1. The first kappa shape index (κ1) is 15.6. The van der Waals surface area contributed by atoms with Gasteiger partial charge in [0.2, 0.25) is 0 Å². The van der Waals surface area contributed by atoms with Crippen molar-refractivity contribution in [2.75, 3.05) is 46.3 Å². The number of hydrogen-bond donors (Lipinski definition) is 1. The zero-order valence-electron chi connectivity index (χ0n) is 12.7. The molecule has 0 aliphatic rings. The quantitative estimate of drug-likeness (QED) is 0.783. The lowest BCUT2D eigenvalue weighted by molar-refractivity contribution is 0.401. The molecule has 0 aliphatic carbocycles. The van der Waals surface area contributed by atoms with Crippen LogP contribution in [0.3, 0.4) is 0 Å². The highest BCUT2D eigenvalue weighted by molar-refractivity contribution is 5.61. The van der Waals surface area contributed by atoms with Crippen molar-refractivity contribution >= 4 is 5.69 Å². The molecule has 0 bridgehead atoms. The van der Waals surface area contributed by atoms with Crippen molar-refractivity contribution in [2.24, 2.45) is 5.92 Å². The highest BCUT2D eigenvalue weighted by Gasteiger charge is 2.14. The molecule has 4 nitrogen and oxygen atoms in total. The molecule has 1 aromatic carbocycles. The Morgan fingerprint density at radius 2 is 2.00 bits per heavy atom. The van der Waals surface area contributed by atoms with Gasteiger partial charge < -0.3 is 19.7 Å². The molecule has 0 amide bonds. The maximum Gasteiger partial charge on any atom is 0.142 e. The second-order valence-electron chi connectivity index (χ2n) is 4.75. The molecule has 0 fully saturated rings. The van der Waals surface area contributed by atoms with Crippen LogP contribution in [-0.2, 0) is 0 Å². The van der Waals surface area contributed by atoms with Gasteiger partial charge in [0, 0.05) is 19.7 Å². The van der Waals surface area contributed by atoms with E-state index in [2.05, 4.69) is 24.2 Å². The second kappa shape index (κ2) is 7.89. The second-order valence-corrected chi connectivity index (χ2v) is 4.75. The van der Waals surface area contributed by atoms with Crippen LogP contribution in [0.5, 0.6) is 11.5 Å². The zero-order valence-corrected chi connectivity index (χ0v) is 12.7. The molecule has 1 unspecified atom stereocenters. The van der Waals surface area contributed by atoms with E-state index in [-0.39, 0.29) is 0 Å². The van der Waals surface area contributed by atoms with Crippen molar-refractivity contribution in [3.05, 3.63) is 18.2 Å². The summed E-state index contributed by atoms with van der Waals surface area (Å²) >= 11 is 0. The average molecular weight is 266 g/mol. The third-order valence-corrected chi connectivity index (χ3v) is 3.40. The molecule has 4 heteroatoms. The molecule has 19 heavy (non-hydrogen) atoms. The summed E-state index contributed by atoms with van der Waals surface area (Å²) in [6.07, 6.45) is 1.15. The third-order valence-electron chi connectivity index (χ3n) is 3.40. The highest BCUT2D eigenvalue weighted by Crippen LogP contribution is 2.32. The maximum absolute atomic E-state index is 5.43. The van der Waals surface area contributed by atoms with Crippen LogP contribution in [0.15, 0.2) is 18.2 Å². The van der Waals surface area contributed by atoms with Crippen LogP contribution >= 0.6 is 0 Å². The van der Waals surface area contributed by atoms with Gasteiger partial charge in [-0.3, -0.25) is 0 Å². The third kappa shape index (κ3) is 4.31. The van der Waals surface area contributed by atoms with Crippen molar-refractivity contribution in [1.29, 1.82) is 0 Å². The van der Waals surface area contributed by atoms with E-state index < -0.39 is 0 Å². The first-order valence-corrected chi connectivity index (χ1v) is 6.74. The number of rotatable bonds is 8. The monoisotopic (exact) mass is 266 g/mol. The summed E-state index contributed by atoms with van der Waals surface area (Å²) < 4.78 is 10.7. The minimum Gasteiger partial charge on any atom is -0.497 e. The molecule has 108 valence electrons. The largest absolute Gasteiger partial charge is 0.497 e. The smallest absolute Gasteiger partial charge is 0.142 e. The zero-order chi connectivity index (χ0) is 14.3. The Balaban J connectivity index is 2.87. The molecule has 0 aliphatic heterocycles. The normalized spacial score (nSPS) is 12.1. The molecule has 0 saturated heterocycles. The van der Waals surface area contributed by atoms with Gasteiger partial charge in [-0.1, -0.05) is 13.3 Å². The standard InChI is InChI=1S/C15H26N2O2/c1-6-12(10-16-2)11-17(3)14-9-13(18-4)7-8-15(14)19-5/h7-9,12,16H,6,10-11H2,1-5H3. The van der Waals surface area contributed by atoms with Crippen molar-refractivity contribution in [3.8, 4) is 11.5 Å². The fourth-order valence-electron chi connectivity index (χ4n) is 2.21.